The molecule has 182 valence electrons. The van der Waals surface area contributed by atoms with Crippen molar-refractivity contribution in [1.82, 2.24) is 9.80 Å². The molecule has 8 heteroatoms. The van der Waals surface area contributed by atoms with Crippen molar-refractivity contribution in [3.05, 3.63) is 88.9 Å². The summed E-state index contributed by atoms with van der Waals surface area (Å²) < 4.78 is 5.27. The number of ether oxygens (including phenoxy) is 1. The molecular weight excluding hydrogens is 464 g/mol. The number of hydrogen-bond donors (Lipinski definition) is 2. The highest BCUT2D eigenvalue weighted by molar-refractivity contribution is 6.30. The summed E-state index contributed by atoms with van der Waals surface area (Å²) in [6.45, 7) is 4.71. The average molecular weight is 493 g/mol. The molecule has 0 unspecified atom stereocenters. The van der Waals surface area contributed by atoms with Crippen LogP contribution in [-0.4, -0.2) is 61.4 Å². The number of carbonyl (C=O) groups excluding carboxylic acids is 2. The van der Waals surface area contributed by atoms with Crippen LogP contribution in [0.4, 0.5) is 11.4 Å². The molecule has 1 aliphatic heterocycles. The van der Waals surface area contributed by atoms with E-state index in [1.54, 1.807) is 43.5 Å². The zero-order valence-electron chi connectivity index (χ0n) is 19.7. The van der Waals surface area contributed by atoms with E-state index in [0.29, 0.717) is 29.2 Å². The molecular formula is C27H29ClN4O3. The van der Waals surface area contributed by atoms with E-state index in [4.69, 9.17) is 16.3 Å². The summed E-state index contributed by atoms with van der Waals surface area (Å²) in [4.78, 5) is 29.6. The van der Waals surface area contributed by atoms with Gasteiger partial charge in [-0.1, -0.05) is 35.9 Å². The summed E-state index contributed by atoms with van der Waals surface area (Å²) in [5.74, 6) is 0.279. The lowest BCUT2D eigenvalue weighted by molar-refractivity contribution is -0.117. The Bertz CT molecular complexity index is 1140. The second-order valence-electron chi connectivity index (χ2n) is 8.46. The van der Waals surface area contributed by atoms with Crippen LogP contribution in [0.2, 0.25) is 5.02 Å². The quantitative estimate of drug-likeness (QED) is 0.489. The Hall–Kier alpha value is -3.39. The predicted octanol–water partition coefficient (Wildman–Crippen LogP) is 4.36. The topological polar surface area (TPSA) is 73.9 Å². The fourth-order valence-corrected chi connectivity index (χ4v) is 4.13. The minimum absolute atomic E-state index is 0.0672. The van der Waals surface area contributed by atoms with Gasteiger partial charge in [0.1, 0.15) is 5.75 Å². The lowest BCUT2D eigenvalue weighted by atomic mass is 10.2. The summed E-state index contributed by atoms with van der Waals surface area (Å²) in [5, 5.41) is 6.51. The molecule has 1 heterocycles. The van der Waals surface area contributed by atoms with Crippen LogP contribution in [0.1, 0.15) is 15.9 Å². The van der Waals surface area contributed by atoms with Gasteiger partial charge in [-0.3, -0.25) is 19.4 Å². The van der Waals surface area contributed by atoms with Gasteiger partial charge < -0.3 is 15.4 Å². The molecule has 7 nitrogen and oxygen atoms in total. The Kier molecular flexibility index (Phi) is 8.36. The minimum Gasteiger partial charge on any atom is -0.495 e. The first kappa shape index (κ1) is 24.7. The number of halogens is 1. The number of benzene rings is 3. The highest BCUT2D eigenvalue weighted by atomic mass is 35.5. The molecule has 0 aromatic heterocycles. The van der Waals surface area contributed by atoms with Crippen LogP contribution in [0.3, 0.4) is 0 Å². The van der Waals surface area contributed by atoms with Crippen molar-refractivity contribution in [1.29, 1.82) is 0 Å². The third kappa shape index (κ3) is 7.05. The highest BCUT2D eigenvalue weighted by Crippen LogP contribution is 2.24. The van der Waals surface area contributed by atoms with Crippen molar-refractivity contribution in [3.8, 4) is 5.75 Å². The van der Waals surface area contributed by atoms with E-state index in [0.717, 1.165) is 37.7 Å². The molecule has 0 spiro atoms. The third-order valence-electron chi connectivity index (χ3n) is 5.94. The number of amides is 2. The second kappa shape index (κ2) is 11.8. The van der Waals surface area contributed by atoms with E-state index in [-0.39, 0.29) is 11.8 Å². The van der Waals surface area contributed by atoms with E-state index in [1.807, 2.05) is 24.3 Å². The van der Waals surface area contributed by atoms with Crippen LogP contribution >= 0.6 is 11.6 Å². The van der Waals surface area contributed by atoms with Crippen molar-refractivity contribution in [3.63, 3.8) is 0 Å². The molecule has 0 bridgehead atoms. The maximum absolute atomic E-state index is 12.6. The molecule has 2 N–H and O–H groups in total. The van der Waals surface area contributed by atoms with Gasteiger partial charge in [-0.2, -0.15) is 0 Å². The number of anilines is 2. The Morgan fingerprint density at radius 3 is 2.20 bits per heavy atom. The maximum atomic E-state index is 12.6. The van der Waals surface area contributed by atoms with E-state index in [9.17, 15) is 9.59 Å². The maximum Gasteiger partial charge on any atom is 0.255 e. The first-order valence-corrected chi connectivity index (χ1v) is 11.9. The number of nitrogens with one attached hydrogen (secondary N) is 2. The van der Waals surface area contributed by atoms with Crippen molar-refractivity contribution in [2.24, 2.45) is 0 Å². The summed E-state index contributed by atoms with van der Waals surface area (Å²) >= 11 is 5.96. The number of piperazine rings is 1. The van der Waals surface area contributed by atoms with Crippen molar-refractivity contribution >= 4 is 34.8 Å². The normalized spacial score (nSPS) is 14.3. The molecule has 0 atom stereocenters. The Morgan fingerprint density at radius 2 is 1.51 bits per heavy atom. The van der Waals surface area contributed by atoms with Gasteiger partial charge in [-0.25, -0.2) is 0 Å². The van der Waals surface area contributed by atoms with Crippen LogP contribution in [0.25, 0.3) is 0 Å². The fourth-order valence-electron chi connectivity index (χ4n) is 4.00. The highest BCUT2D eigenvalue weighted by Gasteiger charge is 2.19. The van der Waals surface area contributed by atoms with Gasteiger partial charge in [-0.05, 0) is 54.1 Å². The molecule has 1 saturated heterocycles. The number of rotatable bonds is 8. The largest absolute Gasteiger partial charge is 0.495 e. The summed E-state index contributed by atoms with van der Waals surface area (Å²) in [6.07, 6.45) is 0. The zero-order valence-corrected chi connectivity index (χ0v) is 20.4. The monoisotopic (exact) mass is 492 g/mol. The van der Waals surface area contributed by atoms with Gasteiger partial charge >= 0.3 is 0 Å². The van der Waals surface area contributed by atoms with E-state index >= 15 is 0 Å². The smallest absolute Gasteiger partial charge is 0.255 e. The predicted molar refractivity (Wildman–Crippen MR) is 139 cm³/mol. The standard InChI is InChI=1S/C27H29ClN4O3/c1-35-25-5-3-2-4-24(25)30-27(34)21-8-12-23(13-9-21)29-26(33)19-32-16-14-31(15-17-32)18-20-6-10-22(28)11-7-20/h2-13H,14-19H2,1H3,(H,29,33)(H,30,34). The van der Waals surface area contributed by atoms with Gasteiger partial charge in [0, 0.05) is 49.0 Å². The van der Waals surface area contributed by atoms with Gasteiger partial charge in [0.25, 0.3) is 5.91 Å². The summed E-state index contributed by atoms with van der Waals surface area (Å²) in [6, 6.07) is 22.0. The van der Waals surface area contributed by atoms with Crippen LogP contribution in [-0.2, 0) is 11.3 Å². The Labute approximate surface area is 210 Å². The molecule has 3 aromatic rings. The molecule has 4 rings (SSSR count). The number of carbonyl (C=O) groups is 2. The molecule has 35 heavy (non-hydrogen) atoms. The van der Waals surface area contributed by atoms with Gasteiger partial charge in [0.2, 0.25) is 5.91 Å². The fraction of sp³-hybridized carbons (Fsp3) is 0.259. The minimum atomic E-state index is -0.246. The molecule has 0 radical (unpaired) electrons. The summed E-state index contributed by atoms with van der Waals surface area (Å²) in [7, 11) is 1.56. The first-order valence-electron chi connectivity index (χ1n) is 11.5. The average Bonchev–Trinajstić information content (AvgIpc) is 2.87. The van der Waals surface area contributed by atoms with Crippen LogP contribution in [0, 0.1) is 0 Å². The first-order chi connectivity index (χ1) is 17.0. The Morgan fingerprint density at radius 1 is 0.857 bits per heavy atom. The van der Waals surface area contributed by atoms with Gasteiger partial charge in [0.05, 0.1) is 19.3 Å². The summed E-state index contributed by atoms with van der Waals surface area (Å²) in [5.41, 5.74) is 2.99. The van der Waals surface area contributed by atoms with Crippen molar-refractivity contribution < 1.29 is 14.3 Å². The van der Waals surface area contributed by atoms with Crippen LogP contribution in [0.15, 0.2) is 72.8 Å². The van der Waals surface area contributed by atoms with Crippen LogP contribution < -0.4 is 15.4 Å². The van der Waals surface area contributed by atoms with Crippen LogP contribution in [0.5, 0.6) is 5.75 Å². The molecule has 0 saturated carbocycles. The van der Waals surface area contributed by atoms with E-state index < -0.39 is 0 Å². The molecule has 1 aliphatic rings. The molecule has 2 amide bonds. The van der Waals surface area contributed by atoms with E-state index in [2.05, 4.69) is 32.6 Å². The Balaban J connectivity index is 1.22. The SMILES string of the molecule is COc1ccccc1NC(=O)c1ccc(NC(=O)CN2CCN(Cc3ccc(Cl)cc3)CC2)cc1. The molecule has 3 aromatic carbocycles. The lowest BCUT2D eigenvalue weighted by Gasteiger charge is -2.34. The number of nitrogens with zero attached hydrogens (tertiary/aromatic N) is 2. The second-order valence-corrected chi connectivity index (χ2v) is 8.90. The van der Waals surface area contributed by atoms with Gasteiger partial charge in [-0.15, -0.1) is 0 Å². The molecule has 0 aliphatic carbocycles. The van der Waals surface area contributed by atoms with Crippen molar-refractivity contribution in [2.75, 3.05) is 50.5 Å². The third-order valence-corrected chi connectivity index (χ3v) is 6.19. The number of hydrogen-bond acceptors (Lipinski definition) is 5. The number of para-hydroxylation sites is 2. The molecule has 1 fully saturated rings. The van der Waals surface area contributed by atoms with E-state index in [1.165, 1.54) is 5.56 Å². The lowest BCUT2D eigenvalue weighted by Crippen LogP contribution is -2.48. The van der Waals surface area contributed by atoms with Gasteiger partial charge in [0.15, 0.2) is 0 Å². The number of methoxy groups -OCH3 is 1. The van der Waals surface area contributed by atoms with Crippen molar-refractivity contribution in [2.45, 2.75) is 6.54 Å². The zero-order chi connectivity index (χ0) is 24.6.